The van der Waals surface area contributed by atoms with Gasteiger partial charge in [0.15, 0.2) is 0 Å². The summed E-state index contributed by atoms with van der Waals surface area (Å²) in [7, 11) is -3.83. The Morgan fingerprint density at radius 3 is 2.21 bits per heavy atom. The number of sulfonamides is 1. The lowest BCUT2D eigenvalue weighted by Gasteiger charge is -2.33. The second-order valence-corrected chi connectivity index (χ2v) is 13.5. The van der Waals surface area contributed by atoms with E-state index in [9.17, 15) is 22.4 Å². The van der Waals surface area contributed by atoms with Crippen LogP contribution < -0.4 is 9.62 Å². The Morgan fingerprint density at radius 2 is 1.58 bits per heavy atom. The molecule has 43 heavy (non-hydrogen) atoms. The van der Waals surface area contributed by atoms with E-state index in [4.69, 9.17) is 23.2 Å². The van der Waals surface area contributed by atoms with Crippen molar-refractivity contribution in [3.05, 3.63) is 99.8 Å². The Balaban J connectivity index is 1.63. The summed E-state index contributed by atoms with van der Waals surface area (Å²) in [6.07, 6.45) is 5.08. The van der Waals surface area contributed by atoms with E-state index in [1.54, 1.807) is 24.3 Å². The number of para-hydroxylation sites is 1. The van der Waals surface area contributed by atoms with Crippen molar-refractivity contribution in [2.75, 3.05) is 17.1 Å². The van der Waals surface area contributed by atoms with E-state index in [0.29, 0.717) is 15.6 Å². The van der Waals surface area contributed by atoms with Gasteiger partial charge in [-0.25, -0.2) is 12.8 Å². The molecule has 0 aliphatic heterocycles. The Labute approximate surface area is 263 Å². The van der Waals surface area contributed by atoms with Crippen LogP contribution in [0.5, 0.6) is 0 Å². The molecular weight excluding hydrogens is 612 g/mol. The minimum atomic E-state index is -3.83. The average molecular weight is 649 g/mol. The summed E-state index contributed by atoms with van der Waals surface area (Å²) in [4.78, 5) is 29.3. The Hall–Kier alpha value is -3.14. The maximum absolute atomic E-state index is 14.5. The van der Waals surface area contributed by atoms with Gasteiger partial charge in [0, 0.05) is 47.6 Å². The van der Waals surface area contributed by atoms with E-state index in [-0.39, 0.29) is 55.9 Å². The molecule has 3 aromatic rings. The minimum absolute atomic E-state index is 0.0178. The molecule has 0 heterocycles. The summed E-state index contributed by atoms with van der Waals surface area (Å²) in [5.74, 6) is -1.32. The molecule has 0 bridgehead atoms. The maximum atomic E-state index is 14.5. The first-order valence-electron chi connectivity index (χ1n) is 14.3. The molecule has 11 heteroatoms. The van der Waals surface area contributed by atoms with E-state index in [2.05, 4.69) is 5.32 Å². The van der Waals surface area contributed by atoms with Crippen LogP contribution in [0, 0.1) is 5.82 Å². The SMILES string of the molecule is CS(=O)(=O)N(CCCC(=O)N(Cc1c(Cl)cccc1Cl)C(Cc1ccccc1)C(=O)NC1CCCC1)c1ccccc1F. The Morgan fingerprint density at radius 1 is 0.953 bits per heavy atom. The van der Waals surface area contributed by atoms with Crippen LogP contribution in [0.4, 0.5) is 10.1 Å². The lowest BCUT2D eigenvalue weighted by Crippen LogP contribution is -2.52. The zero-order valence-corrected chi connectivity index (χ0v) is 26.3. The normalized spacial score (nSPS) is 14.3. The average Bonchev–Trinajstić information content (AvgIpc) is 3.48. The van der Waals surface area contributed by atoms with Crippen molar-refractivity contribution in [1.29, 1.82) is 0 Å². The fourth-order valence-corrected chi connectivity index (χ4v) is 6.89. The first-order valence-corrected chi connectivity index (χ1v) is 16.9. The van der Waals surface area contributed by atoms with Crippen molar-refractivity contribution < 1.29 is 22.4 Å². The van der Waals surface area contributed by atoms with Crippen LogP contribution in [-0.4, -0.2) is 50.0 Å². The molecule has 0 spiro atoms. The summed E-state index contributed by atoms with van der Waals surface area (Å²) < 4.78 is 40.6. The van der Waals surface area contributed by atoms with Crippen molar-refractivity contribution in [2.45, 2.75) is 63.6 Å². The van der Waals surface area contributed by atoms with Gasteiger partial charge >= 0.3 is 0 Å². The lowest BCUT2D eigenvalue weighted by molar-refractivity contribution is -0.141. The molecule has 3 aromatic carbocycles. The Bertz CT molecular complexity index is 1500. The molecule has 1 aliphatic carbocycles. The van der Waals surface area contributed by atoms with E-state index < -0.39 is 21.9 Å². The van der Waals surface area contributed by atoms with Gasteiger partial charge in [-0.15, -0.1) is 0 Å². The van der Waals surface area contributed by atoms with Gasteiger partial charge in [0.25, 0.3) is 0 Å². The van der Waals surface area contributed by atoms with Gasteiger partial charge in [-0.3, -0.25) is 13.9 Å². The van der Waals surface area contributed by atoms with Gasteiger partial charge in [0.2, 0.25) is 21.8 Å². The first-order chi connectivity index (χ1) is 20.5. The smallest absolute Gasteiger partial charge is 0.243 e. The third-order valence-corrected chi connectivity index (χ3v) is 9.52. The molecule has 230 valence electrons. The predicted molar refractivity (Wildman–Crippen MR) is 169 cm³/mol. The second-order valence-electron chi connectivity index (χ2n) is 10.8. The van der Waals surface area contributed by atoms with Gasteiger partial charge in [0.05, 0.1) is 11.9 Å². The van der Waals surface area contributed by atoms with Crippen LogP contribution in [-0.2, 0) is 32.6 Å². The predicted octanol–water partition coefficient (Wildman–Crippen LogP) is 6.38. The third kappa shape index (κ3) is 8.94. The van der Waals surface area contributed by atoms with Crippen LogP contribution in [0.1, 0.15) is 49.7 Å². The number of carbonyl (C=O) groups is 2. The highest BCUT2D eigenvalue weighted by atomic mass is 35.5. The number of nitrogens with zero attached hydrogens (tertiary/aromatic N) is 2. The van der Waals surface area contributed by atoms with Gasteiger partial charge in [0.1, 0.15) is 11.9 Å². The summed E-state index contributed by atoms with van der Waals surface area (Å²) in [6, 6.07) is 19.2. The standard InChI is InChI=1S/C32H36Cl2FN3O4S/c1-43(41,42)38(29-18-8-7-17-28(29)35)20-10-19-31(39)37(22-25-26(33)15-9-16-27(25)34)30(21-23-11-3-2-4-12-23)32(40)36-24-13-5-6-14-24/h2-4,7-9,11-12,15-18,24,30H,5-6,10,13-14,19-22H2,1H3,(H,36,40). The minimum Gasteiger partial charge on any atom is -0.352 e. The highest BCUT2D eigenvalue weighted by Gasteiger charge is 2.33. The summed E-state index contributed by atoms with van der Waals surface area (Å²) >= 11 is 13.0. The van der Waals surface area contributed by atoms with E-state index in [1.165, 1.54) is 23.1 Å². The molecule has 4 rings (SSSR count). The quantitative estimate of drug-likeness (QED) is 0.233. The molecule has 1 saturated carbocycles. The topological polar surface area (TPSA) is 86.8 Å². The number of benzene rings is 3. The summed E-state index contributed by atoms with van der Waals surface area (Å²) in [5, 5.41) is 3.87. The second kappa shape index (κ2) is 15.0. The van der Waals surface area contributed by atoms with Crippen molar-refractivity contribution >= 4 is 50.7 Å². The van der Waals surface area contributed by atoms with Crippen molar-refractivity contribution in [3.8, 4) is 0 Å². The van der Waals surface area contributed by atoms with Crippen molar-refractivity contribution in [1.82, 2.24) is 10.2 Å². The lowest BCUT2D eigenvalue weighted by atomic mass is 10.0. The molecular formula is C32H36Cl2FN3O4S. The fraction of sp³-hybridized carbons (Fsp3) is 0.375. The highest BCUT2D eigenvalue weighted by Crippen LogP contribution is 2.28. The maximum Gasteiger partial charge on any atom is 0.243 e. The van der Waals surface area contributed by atoms with E-state index in [1.807, 2.05) is 30.3 Å². The fourth-order valence-electron chi connectivity index (χ4n) is 5.41. The zero-order chi connectivity index (χ0) is 31.0. The van der Waals surface area contributed by atoms with Crippen molar-refractivity contribution in [2.24, 2.45) is 0 Å². The largest absolute Gasteiger partial charge is 0.352 e. The number of rotatable bonds is 13. The number of nitrogens with one attached hydrogen (secondary N) is 1. The molecule has 2 amide bonds. The first kappa shape index (κ1) is 32.8. The van der Waals surface area contributed by atoms with E-state index in [0.717, 1.165) is 41.8 Å². The molecule has 0 aromatic heterocycles. The molecule has 1 unspecified atom stereocenters. The molecule has 0 saturated heterocycles. The van der Waals surface area contributed by atoms with Crippen LogP contribution in [0.3, 0.4) is 0 Å². The summed E-state index contributed by atoms with van der Waals surface area (Å²) in [6.45, 7) is -0.139. The van der Waals surface area contributed by atoms with Gasteiger partial charge < -0.3 is 10.2 Å². The molecule has 0 radical (unpaired) electrons. The van der Waals surface area contributed by atoms with Gasteiger partial charge in [-0.05, 0) is 49.1 Å². The van der Waals surface area contributed by atoms with Gasteiger partial charge in [-0.1, -0.05) is 84.6 Å². The zero-order valence-electron chi connectivity index (χ0n) is 24.0. The van der Waals surface area contributed by atoms with Crippen molar-refractivity contribution in [3.63, 3.8) is 0 Å². The number of hydrogen-bond donors (Lipinski definition) is 1. The number of carbonyl (C=O) groups excluding carboxylic acids is 2. The van der Waals surface area contributed by atoms with Crippen LogP contribution in [0.15, 0.2) is 72.8 Å². The third-order valence-electron chi connectivity index (χ3n) is 7.64. The van der Waals surface area contributed by atoms with Crippen LogP contribution >= 0.6 is 23.2 Å². The number of amides is 2. The summed E-state index contributed by atoms with van der Waals surface area (Å²) in [5.41, 5.74) is 1.30. The number of halogens is 3. The molecule has 1 atom stereocenters. The van der Waals surface area contributed by atoms with Gasteiger partial charge in [-0.2, -0.15) is 0 Å². The number of hydrogen-bond acceptors (Lipinski definition) is 4. The van der Waals surface area contributed by atoms with Crippen LogP contribution in [0.25, 0.3) is 0 Å². The molecule has 1 N–H and O–H groups in total. The monoisotopic (exact) mass is 647 g/mol. The van der Waals surface area contributed by atoms with Crippen LogP contribution in [0.2, 0.25) is 10.0 Å². The highest BCUT2D eigenvalue weighted by molar-refractivity contribution is 7.92. The molecule has 7 nitrogen and oxygen atoms in total. The van der Waals surface area contributed by atoms with E-state index >= 15 is 0 Å². The number of anilines is 1. The Kier molecular flexibility index (Phi) is 11.5. The molecule has 1 fully saturated rings. The molecule has 1 aliphatic rings.